The Morgan fingerprint density at radius 3 is 2.57 bits per heavy atom. The van der Waals surface area contributed by atoms with Crippen LogP contribution in [0.3, 0.4) is 0 Å². The van der Waals surface area contributed by atoms with Crippen LogP contribution in [0.4, 0.5) is 0 Å². The van der Waals surface area contributed by atoms with E-state index in [0.29, 0.717) is 22.3 Å². The van der Waals surface area contributed by atoms with Gasteiger partial charge in [-0.05, 0) is 37.3 Å². The lowest BCUT2D eigenvalue weighted by atomic mass is 10.1. The summed E-state index contributed by atoms with van der Waals surface area (Å²) in [4.78, 5) is 12.4. The van der Waals surface area contributed by atoms with E-state index in [4.69, 9.17) is 16.0 Å². The number of rotatable bonds is 1. The first-order valence-electron chi connectivity index (χ1n) is 6.23. The topological polar surface area (TPSA) is 70.7 Å². The van der Waals surface area contributed by atoms with Crippen molar-refractivity contribution in [2.45, 2.75) is 6.92 Å². The highest BCUT2D eigenvalue weighted by Crippen LogP contribution is 2.33. The van der Waals surface area contributed by atoms with Crippen molar-refractivity contribution in [3.8, 4) is 22.8 Å². The van der Waals surface area contributed by atoms with Crippen molar-refractivity contribution in [2.24, 2.45) is 0 Å². The summed E-state index contributed by atoms with van der Waals surface area (Å²) >= 11 is 5.89. The lowest BCUT2D eigenvalue weighted by molar-refractivity contribution is 0.464. The lowest BCUT2D eigenvalue weighted by Gasteiger charge is -2.08. The summed E-state index contributed by atoms with van der Waals surface area (Å²) < 4.78 is 5.69. The maximum atomic E-state index is 12.4. The van der Waals surface area contributed by atoms with E-state index in [9.17, 15) is 15.0 Å². The van der Waals surface area contributed by atoms with Gasteiger partial charge in [-0.1, -0.05) is 17.7 Å². The first-order valence-corrected chi connectivity index (χ1v) is 6.61. The molecule has 0 aliphatic rings. The Hall–Kier alpha value is -2.46. The zero-order valence-corrected chi connectivity index (χ0v) is 11.8. The van der Waals surface area contributed by atoms with Gasteiger partial charge in [0.05, 0.1) is 10.4 Å². The Morgan fingerprint density at radius 2 is 1.86 bits per heavy atom. The highest BCUT2D eigenvalue weighted by molar-refractivity contribution is 6.32. The third-order valence-corrected chi connectivity index (χ3v) is 3.64. The minimum Gasteiger partial charge on any atom is -0.506 e. The Labute approximate surface area is 124 Å². The van der Waals surface area contributed by atoms with E-state index in [0.717, 1.165) is 0 Å². The monoisotopic (exact) mass is 302 g/mol. The summed E-state index contributed by atoms with van der Waals surface area (Å²) in [5.41, 5.74) is 0.881. The molecule has 0 bridgehead atoms. The standard InChI is InChI=1S/C16H11ClO4/c1-8-14(20)10-3-2-4-13(19)16(10)21-15(8)9-5-6-12(18)11(17)7-9/h2-7,18-19H,1H3. The zero-order valence-electron chi connectivity index (χ0n) is 11.1. The van der Waals surface area contributed by atoms with Gasteiger partial charge < -0.3 is 14.6 Å². The van der Waals surface area contributed by atoms with Gasteiger partial charge in [-0.3, -0.25) is 4.79 Å². The molecule has 0 aliphatic carbocycles. The van der Waals surface area contributed by atoms with E-state index >= 15 is 0 Å². The van der Waals surface area contributed by atoms with Crippen molar-refractivity contribution in [1.82, 2.24) is 0 Å². The van der Waals surface area contributed by atoms with Gasteiger partial charge in [-0.15, -0.1) is 0 Å². The molecule has 5 heteroatoms. The maximum Gasteiger partial charge on any atom is 0.196 e. The Kier molecular flexibility index (Phi) is 3.11. The highest BCUT2D eigenvalue weighted by atomic mass is 35.5. The molecule has 4 nitrogen and oxygen atoms in total. The summed E-state index contributed by atoms with van der Waals surface area (Å²) in [6.45, 7) is 1.64. The van der Waals surface area contributed by atoms with E-state index in [1.807, 2.05) is 0 Å². The van der Waals surface area contributed by atoms with Crippen LogP contribution in [-0.4, -0.2) is 10.2 Å². The van der Waals surface area contributed by atoms with Crippen LogP contribution in [0.1, 0.15) is 5.56 Å². The van der Waals surface area contributed by atoms with Crippen molar-refractivity contribution >= 4 is 22.6 Å². The van der Waals surface area contributed by atoms with Crippen molar-refractivity contribution < 1.29 is 14.6 Å². The van der Waals surface area contributed by atoms with Gasteiger partial charge in [-0.25, -0.2) is 0 Å². The molecule has 0 spiro atoms. The second-order valence-corrected chi connectivity index (χ2v) is 5.11. The average Bonchev–Trinajstić information content (AvgIpc) is 2.46. The van der Waals surface area contributed by atoms with Crippen molar-refractivity contribution in [1.29, 1.82) is 0 Å². The fourth-order valence-electron chi connectivity index (χ4n) is 2.22. The molecular weight excluding hydrogens is 292 g/mol. The molecule has 0 fully saturated rings. The van der Waals surface area contributed by atoms with Crippen LogP contribution in [0.15, 0.2) is 45.6 Å². The van der Waals surface area contributed by atoms with Crippen molar-refractivity contribution in [3.63, 3.8) is 0 Å². The molecule has 0 amide bonds. The molecular formula is C16H11ClO4. The van der Waals surface area contributed by atoms with Crippen LogP contribution in [-0.2, 0) is 0 Å². The largest absolute Gasteiger partial charge is 0.506 e. The molecule has 3 rings (SSSR count). The van der Waals surface area contributed by atoms with E-state index in [1.54, 1.807) is 25.1 Å². The third-order valence-electron chi connectivity index (χ3n) is 3.33. The van der Waals surface area contributed by atoms with Gasteiger partial charge in [0.15, 0.2) is 16.8 Å². The number of aromatic hydroxyl groups is 2. The molecule has 0 saturated carbocycles. The third kappa shape index (κ3) is 2.14. The average molecular weight is 303 g/mol. The van der Waals surface area contributed by atoms with E-state index in [-0.39, 0.29) is 27.5 Å². The minimum absolute atomic E-state index is 0.0518. The smallest absolute Gasteiger partial charge is 0.196 e. The molecule has 3 aromatic rings. The number of fused-ring (bicyclic) bond motifs is 1. The van der Waals surface area contributed by atoms with Gasteiger partial charge in [0, 0.05) is 11.1 Å². The highest BCUT2D eigenvalue weighted by Gasteiger charge is 2.15. The van der Waals surface area contributed by atoms with E-state index < -0.39 is 0 Å². The van der Waals surface area contributed by atoms with Crippen molar-refractivity contribution in [2.75, 3.05) is 0 Å². The molecule has 1 aromatic heterocycles. The van der Waals surface area contributed by atoms with Crippen LogP contribution in [0.2, 0.25) is 5.02 Å². The van der Waals surface area contributed by atoms with Crippen LogP contribution in [0.5, 0.6) is 11.5 Å². The number of phenolic OH excluding ortho intramolecular Hbond substituents is 2. The zero-order chi connectivity index (χ0) is 15.1. The molecule has 1 heterocycles. The summed E-state index contributed by atoms with van der Waals surface area (Å²) in [5, 5.41) is 19.8. The first-order chi connectivity index (χ1) is 9.99. The molecule has 0 atom stereocenters. The lowest BCUT2D eigenvalue weighted by Crippen LogP contribution is -2.07. The molecule has 21 heavy (non-hydrogen) atoms. The van der Waals surface area contributed by atoms with Crippen molar-refractivity contribution in [3.05, 3.63) is 57.2 Å². The van der Waals surface area contributed by atoms with Gasteiger partial charge in [0.2, 0.25) is 0 Å². The summed E-state index contributed by atoms with van der Waals surface area (Å²) in [6, 6.07) is 9.17. The SMILES string of the molecule is Cc1c(-c2ccc(O)c(Cl)c2)oc2c(O)cccc2c1=O. The predicted molar refractivity (Wildman–Crippen MR) is 81.0 cm³/mol. The predicted octanol–water partition coefficient (Wildman–Crippen LogP) is 3.83. The maximum absolute atomic E-state index is 12.4. The number of hydrogen-bond donors (Lipinski definition) is 2. The number of para-hydroxylation sites is 1. The fourth-order valence-corrected chi connectivity index (χ4v) is 2.40. The molecule has 0 saturated heterocycles. The van der Waals surface area contributed by atoms with Gasteiger partial charge >= 0.3 is 0 Å². The molecule has 0 radical (unpaired) electrons. The molecule has 0 unspecified atom stereocenters. The summed E-state index contributed by atoms with van der Waals surface area (Å²) in [6.07, 6.45) is 0. The van der Waals surface area contributed by atoms with Crippen LogP contribution < -0.4 is 5.43 Å². The van der Waals surface area contributed by atoms with E-state index in [2.05, 4.69) is 0 Å². The summed E-state index contributed by atoms with van der Waals surface area (Å²) in [7, 11) is 0. The Balaban J connectivity index is 2.37. The number of phenols is 2. The second-order valence-electron chi connectivity index (χ2n) is 4.71. The number of halogens is 1. The Bertz CT molecular complexity index is 912. The van der Waals surface area contributed by atoms with Crippen LogP contribution in [0.25, 0.3) is 22.3 Å². The normalized spacial score (nSPS) is 11.0. The summed E-state index contributed by atoms with van der Waals surface area (Å²) in [5.74, 6) is 0.163. The molecule has 106 valence electrons. The van der Waals surface area contributed by atoms with Gasteiger partial charge in [-0.2, -0.15) is 0 Å². The number of hydrogen-bond acceptors (Lipinski definition) is 4. The first kappa shape index (κ1) is 13.5. The fraction of sp³-hybridized carbons (Fsp3) is 0.0625. The quantitative estimate of drug-likeness (QED) is 0.716. The second kappa shape index (κ2) is 4.82. The van der Waals surface area contributed by atoms with Crippen LogP contribution >= 0.6 is 11.6 Å². The Morgan fingerprint density at radius 1 is 1.10 bits per heavy atom. The number of benzene rings is 2. The van der Waals surface area contributed by atoms with Crippen LogP contribution in [0, 0.1) is 6.92 Å². The molecule has 2 N–H and O–H groups in total. The molecule has 2 aromatic carbocycles. The molecule has 0 aliphatic heterocycles. The van der Waals surface area contributed by atoms with E-state index in [1.165, 1.54) is 18.2 Å². The van der Waals surface area contributed by atoms with Gasteiger partial charge in [0.25, 0.3) is 0 Å². The van der Waals surface area contributed by atoms with Gasteiger partial charge in [0.1, 0.15) is 11.5 Å². The minimum atomic E-state index is -0.216.